The van der Waals surface area contributed by atoms with Gasteiger partial charge in [0, 0.05) is 55.3 Å². The normalized spacial score (nSPS) is 14.5. The first-order valence-corrected chi connectivity index (χ1v) is 22.4. The van der Waals surface area contributed by atoms with Gasteiger partial charge in [-0.25, -0.2) is 0 Å². The number of aromatic nitrogens is 1. The average molecular weight is 896 g/mol. The van der Waals surface area contributed by atoms with Crippen LogP contribution in [-0.2, 0) is 0 Å². The zero-order valence-electron chi connectivity index (χ0n) is 51.5. The van der Waals surface area contributed by atoms with E-state index in [1.807, 2.05) is 146 Å². The van der Waals surface area contributed by atoms with Crippen molar-refractivity contribution in [1.29, 1.82) is 0 Å². The summed E-state index contributed by atoms with van der Waals surface area (Å²) in [6, 6.07) is 47.4. The molecular formula is C66H44N2O. The SMILES string of the molecule is [2H]c1c([2H])c([2H])c(-c2c([2H])c([2H])c([2H])c3c2oc2c(-c4c([2H])c([2H])c(N(c5ccc(-c6ccc(-c7ccccc7)cc6)cc5)c5ccc(-c6ccccc6-n6c7ccccc7c7ccccc76)cc5)c([2H])c4[2H])c([2H])c([2H])c([2H])c23)c([2H])c1[2H]. The number of hydrogen-bond donors (Lipinski definition) is 0. The van der Waals surface area contributed by atoms with Crippen molar-refractivity contribution < 1.29 is 25.0 Å². The Labute approximate surface area is 422 Å². The van der Waals surface area contributed by atoms with Gasteiger partial charge in [-0.1, -0.05) is 212 Å². The maximum Gasteiger partial charge on any atom is 0.143 e. The van der Waals surface area contributed by atoms with Gasteiger partial charge in [0.2, 0.25) is 0 Å². The quantitative estimate of drug-likeness (QED) is 0.144. The first-order chi connectivity index (χ1) is 40.5. The van der Waals surface area contributed by atoms with Gasteiger partial charge in [-0.05, 0) is 93.5 Å². The molecule has 0 saturated heterocycles. The van der Waals surface area contributed by atoms with Gasteiger partial charge in [-0.15, -0.1) is 0 Å². The van der Waals surface area contributed by atoms with Crippen LogP contribution in [0.1, 0.15) is 20.6 Å². The summed E-state index contributed by atoms with van der Waals surface area (Å²) < 4.78 is 145. The molecule has 11 aromatic carbocycles. The second-order valence-corrected chi connectivity index (χ2v) is 16.5. The summed E-state index contributed by atoms with van der Waals surface area (Å²) in [5.74, 6) is 0. The van der Waals surface area contributed by atoms with E-state index in [-0.39, 0.29) is 16.5 Å². The molecule has 0 aliphatic rings. The van der Waals surface area contributed by atoms with Gasteiger partial charge in [-0.2, -0.15) is 0 Å². The topological polar surface area (TPSA) is 21.3 Å². The Bertz CT molecular complexity index is 4780. The van der Waals surface area contributed by atoms with E-state index in [9.17, 15) is 6.85 Å². The van der Waals surface area contributed by atoms with Crippen molar-refractivity contribution in [3.63, 3.8) is 0 Å². The van der Waals surface area contributed by atoms with Crippen LogP contribution in [0.3, 0.4) is 0 Å². The van der Waals surface area contributed by atoms with Crippen molar-refractivity contribution in [2.24, 2.45) is 0 Å². The van der Waals surface area contributed by atoms with Crippen molar-refractivity contribution in [3.05, 3.63) is 267 Å². The lowest BCUT2D eigenvalue weighted by atomic mass is 9.99. The molecule has 0 saturated carbocycles. The minimum atomic E-state index is -0.752. The van der Waals surface area contributed by atoms with Crippen molar-refractivity contribution in [1.82, 2.24) is 4.57 Å². The zero-order valence-corrected chi connectivity index (χ0v) is 36.5. The van der Waals surface area contributed by atoms with Crippen LogP contribution in [0.4, 0.5) is 17.1 Å². The molecule has 3 heteroatoms. The highest BCUT2D eigenvalue weighted by atomic mass is 16.3. The highest BCUT2D eigenvalue weighted by Crippen LogP contribution is 2.43. The summed E-state index contributed by atoms with van der Waals surface area (Å²) in [6.07, 6.45) is 0. The predicted molar refractivity (Wildman–Crippen MR) is 290 cm³/mol. The number of benzene rings is 11. The van der Waals surface area contributed by atoms with Crippen LogP contribution in [-0.4, -0.2) is 4.57 Å². The van der Waals surface area contributed by atoms with E-state index < -0.39 is 124 Å². The van der Waals surface area contributed by atoms with Gasteiger partial charge in [0.15, 0.2) is 0 Å². The van der Waals surface area contributed by atoms with Gasteiger partial charge in [0.05, 0.1) is 37.3 Å². The molecule has 0 bridgehead atoms. The molecule has 0 unspecified atom stereocenters. The molecule has 2 heterocycles. The highest BCUT2D eigenvalue weighted by Gasteiger charge is 2.19. The van der Waals surface area contributed by atoms with E-state index in [1.54, 1.807) is 4.90 Å². The molecule has 0 spiro atoms. The average Bonchev–Trinajstić information content (AvgIpc) is 1.58. The Morgan fingerprint density at radius 1 is 0.304 bits per heavy atom. The maximum atomic E-state index is 9.88. The van der Waals surface area contributed by atoms with Gasteiger partial charge in [0.1, 0.15) is 11.2 Å². The molecule has 69 heavy (non-hydrogen) atoms. The molecule has 0 aliphatic heterocycles. The van der Waals surface area contributed by atoms with Crippen LogP contribution in [0, 0.1) is 0 Å². The fraction of sp³-hybridized carbons (Fsp3) is 0. The molecule has 0 N–H and O–H groups in total. The monoisotopic (exact) mass is 895 g/mol. The van der Waals surface area contributed by atoms with Crippen molar-refractivity contribution in [2.75, 3.05) is 4.90 Å². The third-order valence-corrected chi connectivity index (χ3v) is 12.6. The van der Waals surface area contributed by atoms with E-state index in [2.05, 4.69) is 34.9 Å². The van der Waals surface area contributed by atoms with Gasteiger partial charge < -0.3 is 13.9 Å². The molecule has 0 atom stereocenters. The van der Waals surface area contributed by atoms with Crippen molar-refractivity contribution >= 4 is 60.8 Å². The summed E-state index contributed by atoms with van der Waals surface area (Å²) in [5.41, 5.74) is 6.58. The second-order valence-electron chi connectivity index (χ2n) is 16.5. The van der Waals surface area contributed by atoms with Crippen LogP contribution >= 0.6 is 0 Å². The Kier molecular flexibility index (Phi) is 6.73. The lowest BCUT2D eigenvalue weighted by Crippen LogP contribution is -2.09. The number of anilines is 3. The fourth-order valence-corrected chi connectivity index (χ4v) is 9.30. The smallest absolute Gasteiger partial charge is 0.143 e. The first-order valence-electron chi connectivity index (χ1n) is 29.9. The molecule has 0 radical (unpaired) electrons. The molecule has 13 rings (SSSR count). The van der Waals surface area contributed by atoms with Crippen LogP contribution in [0.15, 0.2) is 271 Å². The molecule has 3 nitrogen and oxygen atoms in total. The van der Waals surface area contributed by atoms with E-state index in [1.165, 1.54) is 0 Å². The third kappa shape index (κ3) is 7.08. The summed E-state index contributed by atoms with van der Waals surface area (Å²) in [5, 5.41) is 1.53. The number of furan rings is 1. The molecule has 0 fully saturated rings. The van der Waals surface area contributed by atoms with E-state index in [0.717, 1.165) is 60.9 Å². The van der Waals surface area contributed by atoms with Crippen molar-refractivity contribution in [3.8, 4) is 61.3 Å². The Morgan fingerprint density at radius 3 is 1.35 bits per heavy atom. The Balaban J connectivity index is 0.997. The van der Waals surface area contributed by atoms with Crippen LogP contribution in [0.5, 0.6) is 0 Å². The minimum Gasteiger partial charge on any atom is -0.455 e. The van der Waals surface area contributed by atoms with Crippen LogP contribution < -0.4 is 4.90 Å². The highest BCUT2D eigenvalue weighted by molar-refractivity contribution is 6.13. The Hall–Kier alpha value is -9.18. The molecule has 2 aromatic heterocycles. The molecule has 0 amide bonds. The number of fused-ring (bicyclic) bond motifs is 6. The van der Waals surface area contributed by atoms with Gasteiger partial charge >= 0.3 is 0 Å². The van der Waals surface area contributed by atoms with Gasteiger partial charge in [-0.3, -0.25) is 0 Å². The summed E-state index contributed by atoms with van der Waals surface area (Å²) in [6.45, 7) is 0. The van der Waals surface area contributed by atoms with Crippen molar-refractivity contribution in [2.45, 2.75) is 0 Å². The third-order valence-electron chi connectivity index (χ3n) is 12.6. The van der Waals surface area contributed by atoms with Crippen LogP contribution in [0.2, 0.25) is 0 Å². The molecule has 324 valence electrons. The molecule has 13 aromatic rings. The summed E-state index contributed by atoms with van der Waals surface area (Å²) in [4.78, 5) is 1.63. The van der Waals surface area contributed by atoms with Crippen LogP contribution in [0.25, 0.3) is 105 Å². The number of hydrogen-bond acceptors (Lipinski definition) is 2. The first kappa shape index (κ1) is 27.5. The lowest BCUT2D eigenvalue weighted by Gasteiger charge is -2.26. The lowest BCUT2D eigenvalue weighted by molar-refractivity contribution is 0.671. The second kappa shape index (κ2) is 16.9. The molecule has 0 aliphatic carbocycles. The molecular weight excluding hydrogens is 837 g/mol. The predicted octanol–water partition coefficient (Wildman–Crippen LogP) is 18.5. The summed E-state index contributed by atoms with van der Waals surface area (Å²) >= 11 is 0. The summed E-state index contributed by atoms with van der Waals surface area (Å²) in [7, 11) is 0. The standard InChI is InChI=1S/C66H44N2O/c1-3-15-45(16-4-1)46-29-31-47(32-30-46)48-33-39-52(40-34-48)67(53-41-35-50(36-42-53)55-19-7-10-26-62(55)68-63-27-11-8-20-58(63)59-21-9-12-28-64(59)68)54-43-37-51(38-44-54)57-23-14-25-61-60-24-13-22-56(65(60)69-66(57)61)49-17-5-2-6-18-49/h1-44H/i2D,5D,6D,13D,14D,17D,18D,22D,23D,24D,25D,37D,38D,43D,44D. The fourth-order valence-electron chi connectivity index (χ4n) is 9.30. The maximum absolute atomic E-state index is 9.88. The van der Waals surface area contributed by atoms with E-state index in [4.69, 9.17) is 18.1 Å². The zero-order chi connectivity index (χ0) is 58.7. The minimum absolute atomic E-state index is 0.169. The Morgan fingerprint density at radius 2 is 0.768 bits per heavy atom. The largest absolute Gasteiger partial charge is 0.455 e. The van der Waals surface area contributed by atoms with Gasteiger partial charge in [0.25, 0.3) is 0 Å². The number of para-hydroxylation sites is 5. The van der Waals surface area contributed by atoms with E-state index >= 15 is 0 Å². The number of nitrogens with zero attached hydrogens (tertiary/aromatic N) is 2. The van der Waals surface area contributed by atoms with E-state index in [0.29, 0.717) is 11.4 Å². The number of rotatable bonds is 9.